The third-order valence-corrected chi connectivity index (χ3v) is 16.3. The minimum absolute atomic E-state index is 0.463. The number of nitrogens with one attached hydrogen (secondary N) is 1. The summed E-state index contributed by atoms with van der Waals surface area (Å²) in [5.74, 6) is 4.25. The monoisotopic (exact) mass is 744 g/mol. The van der Waals surface area contributed by atoms with Gasteiger partial charge in [0.05, 0.1) is 12.1 Å². The van der Waals surface area contributed by atoms with E-state index < -0.39 is 0 Å². The Bertz CT molecular complexity index is 1930. The van der Waals surface area contributed by atoms with Gasteiger partial charge in [0.15, 0.2) is 0 Å². The number of fused-ring (bicyclic) bond motifs is 4. The third kappa shape index (κ3) is 6.29. The van der Waals surface area contributed by atoms with Crippen molar-refractivity contribution in [1.82, 2.24) is 15.1 Å². The molecule has 3 heterocycles. The maximum Gasteiger partial charge on any atom is 0.0619 e. The van der Waals surface area contributed by atoms with Crippen LogP contribution in [0.4, 0.5) is 0 Å². The second-order valence-electron chi connectivity index (χ2n) is 19.3. The van der Waals surface area contributed by atoms with Crippen LogP contribution in [0.15, 0.2) is 143 Å². The number of nitrogens with zero attached hydrogens (tertiary/aromatic N) is 2. The van der Waals surface area contributed by atoms with Crippen LogP contribution in [0, 0.1) is 41.4 Å². The van der Waals surface area contributed by atoms with Gasteiger partial charge >= 0.3 is 0 Å². The minimum atomic E-state index is 0.463. The molecule has 0 saturated heterocycles. The Kier molecular flexibility index (Phi) is 9.64. The van der Waals surface area contributed by atoms with Gasteiger partial charge in [-0.25, -0.2) is 0 Å². The van der Waals surface area contributed by atoms with Gasteiger partial charge in [-0.15, -0.1) is 0 Å². The number of hydrogen-bond acceptors (Lipinski definition) is 3. The quantitative estimate of drug-likeness (QED) is 0.273. The highest BCUT2D eigenvalue weighted by molar-refractivity contribution is 5.45. The van der Waals surface area contributed by atoms with Crippen molar-refractivity contribution in [2.24, 2.45) is 41.4 Å². The summed E-state index contributed by atoms with van der Waals surface area (Å²) in [5, 5.41) is 4.16. The van der Waals surface area contributed by atoms with Gasteiger partial charge in [0.25, 0.3) is 0 Å². The Balaban J connectivity index is 0.930. The molecule has 56 heavy (non-hydrogen) atoms. The molecule has 8 aliphatic carbocycles. The predicted octanol–water partition coefficient (Wildman–Crippen LogP) is 12.2. The molecule has 11 atom stereocenters. The molecule has 11 unspecified atom stereocenters. The molecular formula is C53H65N3. The summed E-state index contributed by atoms with van der Waals surface area (Å²) < 4.78 is 0. The number of allylic oxidation sites excluding steroid dienone is 15. The van der Waals surface area contributed by atoms with E-state index in [4.69, 9.17) is 0 Å². The summed E-state index contributed by atoms with van der Waals surface area (Å²) in [6.45, 7) is 0. The lowest BCUT2D eigenvalue weighted by Gasteiger charge is -2.47. The van der Waals surface area contributed by atoms with Gasteiger partial charge in [0.1, 0.15) is 0 Å². The molecule has 0 bridgehead atoms. The van der Waals surface area contributed by atoms with E-state index >= 15 is 0 Å². The molecule has 0 aromatic rings. The first-order valence-electron chi connectivity index (χ1n) is 23.4. The first kappa shape index (κ1) is 35.4. The molecule has 11 aliphatic rings. The average Bonchev–Trinajstić information content (AvgIpc) is 3.80. The molecule has 0 radical (unpaired) electrons. The van der Waals surface area contributed by atoms with Crippen molar-refractivity contribution in [2.45, 2.75) is 140 Å². The predicted molar refractivity (Wildman–Crippen MR) is 232 cm³/mol. The van der Waals surface area contributed by atoms with Crippen LogP contribution in [-0.4, -0.2) is 34.0 Å². The van der Waals surface area contributed by atoms with Crippen molar-refractivity contribution in [2.75, 3.05) is 0 Å². The molecule has 0 spiro atoms. The molecule has 11 rings (SSSR count). The zero-order valence-corrected chi connectivity index (χ0v) is 33.8. The highest BCUT2D eigenvalue weighted by Gasteiger charge is 2.48. The van der Waals surface area contributed by atoms with Crippen LogP contribution in [0.5, 0.6) is 0 Å². The zero-order valence-electron chi connectivity index (χ0n) is 33.8. The van der Waals surface area contributed by atoms with Crippen LogP contribution in [0.25, 0.3) is 0 Å². The Labute approximate surface area is 337 Å². The van der Waals surface area contributed by atoms with E-state index in [1.54, 1.807) is 33.8 Å². The second-order valence-corrected chi connectivity index (χ2v) is 19.3. The summed E-state index contributed by atoms with van der Waals surface area (Å²) in [6.07, 6.45) is 66.0. The first-order chi connectivity index (χ1) is 27.8. The molecule has 292 valence electrons. The van der Waals surface area contributed by atoms with Crippen molar-refractivity contribution < 1.29 is 0 Å². The van der Waals surface area contributed by atoms with Gasteiger partial charge in [0.2, 0.25) is 0 Å². The third-order valence-electron chi connectivity index (χ3n) is 16.3. The van der Waals surface area contributed by atoms with Gasteiger partial charge in [0, 0.05) is 52.6 Å². The van der Waals surface area contributed by atoms with Gasteiger partial charge in [-0.2, -0.15) is 0 Å². The average molecular weight is 744 g/mol. The van der Waals surface area contributed by atoms with Crippen molar-refractivity contribution in [3.63, 3.8) is 0 Å². The molecule has 3 heteroatoms. The fraction of sp³-hybridized carbons (Fsp3) is 0.547. The van der Waals surface area contributed by atoms with Crippen LogP contribution in [0.1, 0.15) is 116 Å². The van der Waals surface area contributed by atoms with E-state index in [1.165, 1.54) is 121 Å². The molecule has 3 nitrogen and oxygen atoms in total. The SMILES string of the molecule is C1=CC2C3=C(CCCC3)N(C3=CC(C4C=CC(C5C=C(C6=CCCCC6)NC(C6CC=CCC6)C5)CC4)C(N4C5=C(CCC=C5)C5C=CC=CC54)CC3)C2C=C1. The molecule has 0 fully saturated rings. The van der Waals surface area contributed by atoms with Crippen LogP contribution >= 0.6 is 0 Å². The Morgan fingerprint density at radius 1 is 0.607 bits per heavy atom. The summed E-state index contributed by atoms with van der Waals surface area (Å²) >= 11 is 0. The van der Waals surface area contributed by atoms with Gasteiger partial charge < -0.3 is 15.1 Å². The minimum Gasteiger partial charge on any atom is -0.382 e. The van der Waals surface area contributed by atoms with Crippen LogP contribution in [0.3, 0.4) is 0 Å². The molecule has 3 aliphatic heterocycles. The Hall–Kier alpha value is -3.72. The molecular weight excluding hydrogens is 679 g/mol. The van der Waals surface area contributed by atoms with Crippen molar-refractivity contribution in [1.29, 1.82) is 0 Å². The lowest BCUT2D eigenvalue weighted by molar-refractivity contribution is 0.129. The van der Waals surface area contributed by atoms with Gasteiger partial charge in [-0.1, -0.05) is 97.2 Å². The maximum absolute atomic E-state index is 4.16. The lowest BCUT2D eigenvalue weighted by atomic mass is 9.69. The summed E-state index contributed by atoms with van der Waals surface area (Å²) in [7, 11) is 0. The molecule has 0 aromatic heterocycles. The summed E-state index contributed by atoms with van der Waals surface area (Å²) in [5.41, 5.74) is 11.5. The molecule has 0 saturated carbocycles. The lowest BCUT2D eigenvalue weighted by Crippen LogP contribution is -2.48. The topological polar surface area (TPSA) is 18.5 Å². The van der Waals surface area contributed by atoms with Crippen molar-refractivity contribution in [3.05, 3.63) is 143 Å². The van der Waals surface area contributed by atoms with Crippen molar-refractivity contribution in [3.8, 4) is 0 Å². The fourth-order valence-corrected chi connectivity index (χ4v) is 13.6. The van der Waals surface area contributed by atoms with Crippen LogP contribution in [0.2, 0.25) is 0 Å². The summed E-state index contributed by atoms with van der Waals surface area (Å²) in [6, 6.07) is 2.07. The Morgan fingerprint density at radius 3 is 2.27 bits per heavy atom. The van der Waals surface area contributed by atoms with Crippen molar-refractivity contribution >= 4 is 0 Å². The largest absolute Gasteiger partial charge is 0.382 e. The van der Waals surface area contributed by atoms with Gasteiger partial charge in [-0.3, -0.25) is 0 Å². The second kappa shape index (κ2) is 15.2. The van der Waals surface area contributed by atoms with E-state index in [-0.39, 0.29) is 0 Å². The van der Waals surface area contributed by atoms with E-state index in [9.17, 15) is 0 Å². The summed E-state index contributed by atoms with van der Waals surface area (Å²) in [4.78, 5) is 5.85. The molecule has 0 amide bonds. The standard InChI is InChI=1S/C53H65N3/c1-3-15-38(16-4-1)47-33-40(34-48(54-47)39-17-5-2-6-18-39)36-27-29-37(30-28-36)46-35-41(55-49-23-11-7-19-42(49)43-20-8-12-24-50(43)55)31-32-53(46)56-51-25-13-9-21-44(51)45-22-10-14-26-52(45)56/h1,3,7,9,11,13-14,17,19,21,23,25-27,29,34-38,40,42,44,46-47,49,51,53-54H,2,4-6,8,10,12,15-16,18,20,22,24,28,30-33H2. The maximum atomic E-state index is 4.16. The fourth-order valence-electron chi connectivity index (χ4n) is 13.6. The highest BCUT2D eigenvalue weighted by atomic mass is 15.2. The van der Waals surface area contributed by atoms with E-state index in [2.05, 4.69) is 118 Å². The number of rotatable bonds is 6. The van der Waals surface area contributed by atoms with E-state index in [0.29, 0.717) is 59.7 Å². The normalized spacial score (nSPS) is 39.9. The van der Waals surface area contributed by atoms with Crippen LogP contribution < -0.4 is 5.32 Å². The number of hydrogen-bond donors (Lipinski definition) is 1. The van der Waals surface area contributed by atoms with E-state index in [0.717, 1.165) is 5.92 Å². The van der Waals surface area contributed by atoms with E-state index in [1.807, 2.05) is 0 Å². The smallest absolute Gasteiger partial charge is 0.0619 e. The molecule has 0 aromatic carbocycles. The highest BCUT2D eigenvalue weighted by Crippen LogP contribution is 2.52. The Morgan fingerprint density at radius 2 is 1.43 bits per heavy atom. The zero-order chi connectivity index (χ0) is 37.0. The van der Waals surface area contributed by atoms with Gasteiger partial charge in [-0.05, 0) is 162 Å². The van der Waals surface area contributed by atoms with Crippen LogP contribution in [-0.2, 0) is 0 Å². The first-order valence-corrected chi connectivity index (χ1v) is 23.4. The molecule has 1 N–H and O–H groups in total.